The molecule has 1 heterocycles. The fourth-order valence-electron chi connectivity index (χ4n) is 1.42. The van der Waals surface area contributed by atoms with Crippen molar-refractivity contribution in [3.63, 3.8) is 0 Å². The number of carbonyl (C=O) groups excluding carboxylic acids is 1. The van der Waals surface area contributed by atoms with Crippen LogP contribution in [0.1, 0.15) is 19.8 Å². The molecule has 0 bridgehead atoms. The molecule has 1 saturated heterocycles. The fourth-order valence-corrected chi connectivity index (χ4v) is 1.53. The Morgan fingerprint density at radius 3 is 3.07 bits per heavy atom. The topological polar surface area (TPSA) is 38.3 Å². The SMILES string of the molecule is CC(CCl)CNC(=O)C1CCCOC1. The molecule has 4 heteroatoms. The average Bonchev–Trinajstić information content (AvgIpc) is 2.26. The lowest BCUT2D eigenvalue weighted by Crippen LogP contribution is -2.37. The second kappa shape index (κ2) is 6.25. The molecule has 0 spiro atoms. The molecular formula is C10H18ClNO2. The van der Waals surface area contributed by atoms with Gasteiger partial charge in [-0.1, -0.05) is 6.92 Å². The zero-order chi connectivity index (χ0) is 10.4. The Kier molecular flexibility index (Phi) is 5.26. The van der Waals surface area contributed by atoms with E-state index in [0.29, 0.717) is 24.9 Å². The maximum atomic E-state index is 11.6. The number of halogens is 1. The second-order valence-corrected chi connectivity index (χ2v) is 4.23. The molecule has 0 aliphatic carbocycles. The van der Waals surface area contributed by atoms with Crippen molar-refractivity contribution in [3.8, 4) is 0 Å². The molecule has 14 heavy (non-hydrogen) atoms. The summed E-state index contributed by atoms with van der Waals surface area (Å²) in [6.45, 7) is 4.05. The molecule has 1 aliphatic heterocycles. The van der Waals surface area contributed by atoms with E-state index in [1.54, 1.807) is 0 Å². The van der Waals surface area contributed by atoms with Crippen LogP contribution in [-0.2, 0) is 9.53 Å². The quantitative estimate of drug-likeness (QED) is 0.726. The lowest BCUT2D eigenvalue weighted by Gasteiger charge is -2.21. The molecule has 3 nitrogen and oxygen atoms in total. The first-order chi connectivity index (χ1) is 6.74. The maximum Gasteiger partial charge on any atom is 0.225 e. The summed E-state index contributed by atoms with van der Waals surface area (Å²) in [6, 6.07) is 0. The van der Waals surface area contributed by atoms with Gasteiger partial charge >= 0.3 is 0 Å². The Labute approximate surface area is 90.1 Å². The third-order valence-electron chi connectivity index (χ3n) is 2.42. The number of amides is 1. The minimum atomic E-state index is 0.0475. The van der Waals surface area contributed by atoms with Crippen LogP contribution in [0.15, 0.2) is 0 Å². The van der Waals surface area contributed by atoms with Crippen LogP contribution in [0.3, 0.4) is 0 Å². The third kappa shape index (κ3) is 3.84. The second-order valence-electron chi connectivity index (χ2n) is 3.92. The summed E-state index contributed by atoms with van der Waals surface area (Å²) < 4.78 is 5.25. The summed E-state index contributed by atoms with van der Waals surface area (Å²) in [5.74, 6) is 1.08. The van der Waals surface area contributed by atoms with Gasteiger partial charge in [0.2, 0.25) is 5.91 Å². The van der Waals surface area contributed by atoms with E-state index in [1.807, 2.05) is 6.92 Å². The molecule has 2 atom stereocenters. The van der Waals surface area contributed by atoms with Gasteiger partial charge in [-0.15, -0.1) is 11.6 Å². The van der Waals surface area contributed by atoms with Gasteiger partial charge in [-0.2, -0.15) is 0 Å². The minimum Gasteiger partial charge on any atom is -0.381 e. The number of hydrogen-bond acceptors (Lipinski definition) is 2. The van der Waals surface area contributed by atoms with Gasteiger partial charge in [-0.05, 0) is 18.8 Å². The van der Waals surface area contributed by atoms with Crippen LogP contribution in [-0.4, -0.2) is 31.5 Å². The predicted molar refractivity (Wildman–Crippen MR) is 56.4 cm³/mol. The van der Waals surface area contributed by atoms with E-state index in [9.17, 15) is 4.79 Å². The zero-order valence-corrected chi connectivity index (χ0v) is 9.35. The molecule has 82 valence electrons. The predicted octanol–water partition coefficient (Wildman–Crippen LogP) is 1.40. The molecular weight excluding hydrogens is 202 g/mol. The van der Waals surface area contributed by atoms with Crippen molar-refractivity contribution in [1.29, 1.82) is 0 Å². The van der Waals surface area contributed by atoms with Crippen molar-refractivity contribution in [3.05, 3.63) is 0 Å². The van der Waals surface area contributed by atoms with Crippen molar-refractivity contribution in [2.45, 2.75) is 19.8 Å². The highest BCUT2D eigenvalue weighted by atomic mass is 35.5. The van der Waals surface area contributed by atoms with Crippen LogP contribution >= 0.6 is 11.6 Å². The number of rotatable bonds is 4. The smallest absolute Gasteiger partial charge is 0.225 e. The minimum absolute atomic E-state index is 0.0475. The van der Waals surface area contributed by atoms with Gasteiger partial charge in [0.25, 0.3) is 0 Å². The maximum absolute atomic E-state index is 11.6. The van der Waals surface area contributed by atoms with E-state index in [2.05, 4.69) is 5.32 Å². The Morgan fingerprint density at radius 2 is 2.50 bits per heavy atom. The third-order valence-corrected chi connectivity index (χ3v) is 2.95. The van der Waals surface area contributed by atoms with Gasteiger partial charge in [0.1, 0.15) is 0 Å². The number of carbonyl (C=O) groups is 1. The first-order valence-electron chi connectivity index (χ1n) is 5.15. The Bertz CT molecular complexity index is 181. The monoisotopic (exact) mass is 219 g/mol. The molecule has 1 fully saturated rings. The molecule has 0 aromatic carbocycles. The van der Waals surface area contributed by atoms with Crippen molar-refractivity contribution in [1.82, 2.24) is 5.32 Å². The standard InChI is InChI=1S/C10H18ClNO2/c1-8(5-11)6-12-10(13)9-3-2-4-14-7-9/h8-9H,2-7H2,1H3,(H,12,13). The van der Waals surface area contributed by atoms with Gasteiger partial charge in [0.15, 0.2) is 0 Å². The molecule has 1 N–H and O–H groups in total. The largest absolute Gasteiger partial charge is 0.381 e. The first kappa shape index (κ1) is 11.8. The van der Waals surface area contributed by atoms with Gasteiger partial charge in [-0.25, -0.2) is 0 Å². The van der Waals surface area contributed by atoms with E-state index in [4.69, 9.17) is 16.3 Å². The molecule has 0 aromatic rings. The van der Waals surface area contributed by atoms with E-state index < -0.39 is 0 Å². The zero-order valence-electron chi connectivity index (χ0n) is 8.59. The van der Waals surface area contributed by atoms with Crippen molar-refractivity contribution < 1.29 is 9.53 Å². The molecule has 0 aromatic heterocycles. The highest BCUT2D eigenvalue weighted by Gasteiger charge is 2.21. The Balaban J connectivity index is 2.19. The van der Waals surface area contributed by atoms with E-state index in [1.165, 1.54) is 0 Å². The van der Waals surface area contributed by atoms with Crippen LogP contribution in [0.4, 0.5) is 0 Å². The summed E-state index contributed by atoms with van der Waals surface area (Å²) in [7, 11) is 0. The number of nitrogens with one attached hydrogen (secondary N) is 1. The van der Waals surface area contributed by atoms with Gasteiger partial charge in [0, 0.05) is 19.0 Å². The van der Waals surface area contributed by atoms with E-state index in [0.717, 1.165) is 19.4 Å². The Hall–Kier alpha value is -0.280. The molecule has 1 amide bonds. The van der Waals surface area contributed by atoms with Crippen molar-refractivity contribution in [2.24, 2.45) is 11.8 Å². The normalized spacial score (nSPS) is 24.3. The summed E-state index contributed by atoms with van der Waals surface area (Å²) in [5.41, 5.74) is 0. The van der Waals surface area contributed by atoms with Crippen LogP contribution in [0.25, 0.3) is 0 Å². The summed E-state index contributed by atoms with van der Waals surface area (Å²) in [4.78, 5) is 11.6. The van der Waals surface area contributed by atoms with Gasteiger partial charge < -0.3 is 10.1 Å². The highest BCUT2D eigenvalue weighted by Crippen LogP contribution is 2.13. The number of alkyl halides is 1. The summed E-state index contributed by atoms with van der Waals surface area (Å²) in [5, 5.41) is 2.90. The van der Waals surface area contributed by atoms with Gasteiger partial charge in [0.05, 0.1) is 12.5 Å². The van der Waals surface area contributed by atoms with E-state index >= 15 is 0 Å². The van der Waals surface area contributed by atoms with E-state index in [-0.39, 0.29) is 11.8 Å². The average molecular weight is 220 g/mol. The van der Waals surface area contributed by atoms with Crippen LogP contribution in [0.5, 0.6) is 0 Å². The molecule has 1 aliphatic rings. The summed E-state index contributed by atoms with van der Waals surface area (Å²) >= 11 is 5.65. The molecule has 0 radical (unpaired) electrons. The Morgan fingerprint density at radius 1 is 1.71 bits per heavy atom. The van der Waals surface area contributed by atoms with Crippen LogP contribution in [0.2, 0.25) is 0 Å². The van der Waals surface area contributed by atoms with Crippen LogP contribution < -0.4 is 5.32 Å². The number of hydrogen-bond donors (Lipinski definition) is 1. The molecule has 1 rings (SSSR count). The molecule has 2 unspecified atom stereocenters. The lowest BCUT2D eigenvalue weighted by molar-refractivity contribution is -0.129. The van der Waals surface area contributed by atoms with Crippen molar-refractivity contribution >= 4 is 17.5 Å². The fraction of sp³-hybridized carbons (Fsp3) is 0.900. The van der Waals surface area contributed by atoms with Crippen molar-refractivity contribution in [2.75, 3.05) is 25.6 Å². The molecule has 0 saturated carbocycles. The van der Waals surface area contributed by atoms with Gasteiger partial charge in [-0.3, -0.25) is 4.79 Å². The first-order valence-corrected chi connectivity index (χ1v) is 5.69. The number of ether oxygens (including phenoxy) is 1. The lowest BCUT2D eigenvalue weighted by atomic mass is 10.0. The summed E-state index contributed by atoms with van der Waals surface area (Å²) in [6.07, 6.45) is 1.93. The highest BCUT2D eigenvalue weighted by molar-refractivity contribution is 6.18. The van der Waals surface area contributed by atoms with Crippen LogP contribution in [0, 0.1) is 11.8 Å².